The molecule has 0 aliphatic carbocycles. The van der Waals surface area contributed by atoms with Crippen LogP contribution < -0.4 is 4.74 Å². The molecular weight excluding hydrogens is 603 g/mol. The smallest absolute Gasteiger partial charge is 0.266 e. The lowest BCUT2D eigenvalue weighted by Crippen LogP contribution is -2.27. The monoisotopic (exact) mass is 616 g/mol. The largest absolute Gasteiger partial charge is 0.486 e. The Morgan fingerprint density at radius 3 is 2.47 bits per heavy atom. The molecule has 34 heavy (non-hydrogen) atoms. The van der Waals surface area contributed by atoms with Crippen molar-refractivity contribution in [2.45, 2.75) is 13.2 Å². The minimum absolute atomic E-state index is 0.194. The van der Waals surface area contributed by atoms with E-state index in [9.17, 15) is 14.4 Å². The molecule has 170 valence electrons. The topological polar surface area (TPSA) is 53.3 Å². The average molecular weight is 618 g/mol. The van der Waals surface area contributed by atoms with Gasteiger partial charge in [-0.3, -0.25) is 9.69 Å². The first-order valence-corrected chi connectivity index (χ1v) is 12.8. The molecule has 1 amide bonds. The molecule has 1 aliphatic rings. The number of ether oxygens (including phenoxy) is 1. The predicted octanol–water partition coefficient (Wildman–Crippen LogP) is 7.20. The minimum atomic E-state index is -0.327. The highest BCUT2D eigenvalue weighted by Gasteiger charge is 2.32. The quantitative estimate of drug-likeness (QED) is 0.216. The molecule has 4 nitrogen and oxygen atoms in total. The summed E-state index contributed by atoms with van der Waals surface area (Å²) in [6.07, 6.45) is 1.77. The van der Waals surface area contributed by atoms with E-state index in [1.54, 1.807) is 24.3 Å². The number of carbonyl (C=O) groups excluding carboxylic acids is 1. The molecule has 0 unspecified atom stereocenters. The second-order valence-electron chi connectivity index (χ2n) is 7.27. The summed E-state index contributed by atoms with van der Waals surface area (Å²) in [6, 6.07) is 19.1. The van der Waals surface area contributed by atoms with Crippen molar-refractivity contribution >= 4 is 72.1 Å². The van der Waals surface area contributed by atoms with E-state index in [4.69, 9.17) is 17.0 Å². The maximum Gasteiger partial charge on any atom is 0.266 e. The second-order valence-corrected chi connectivity index (χ2v) is 10.7. The molecule has 3 aromatic rings. The molecule has 0 radical (unpaired) electrons. The third kappa shape index (κ3) is 5.58. The molecule has 0 saturated carbocycles. The van der Waals surface area contributed by atoms with Crippen molar-refractivity contribution in [3.8, 4) is 11.8 Å². The number of amides is 1. The van der Waals surface area contributed by atoms with Crippen LogP contribution in [-0.2, 0) is 17.9 Å². The highest BCUT2D eigenvalue weighted by atomic mass is 79.9. The molecule has 4 rings (SSSR count). The van der Waals surface area contributed by atoms with Crippen molar-refractivity contribution in [2.75, 3.05) is 0 Å². The lowest BCUT2D eigenvalue weighted by Gasteiger charge is -2.14. The van der Waals surface area contributed by atoms with Crippen molar-refractivity contribution in [2.24, 2.45) is 0 Å². The lowest BCUT2D eigenvalue weighted by molar-refractivity contribution is -0.122. The maximum atomic E-state index is 13.2. The van der Waals surface area contributed by atoms with Crippen LogP contribution in [0.3, 0.4) is 0 Å². The van der Waals surface area contributed by atoms with Gasteiger partial charge in [-0.25, -0.2) is 4.39 Å². The zero-order valence-electron chi connectivity index (χ0n) is 17.4. The fraction of sp³-hybridized carbons (Fsp3) is 0.0800. The van der Waals surface area contributed by atoms with Gasteiger partial charge in [-0.15, -0.1) is 0 Å². The van der Waals surface area contributed by atoms with Crippen LogP contribution in [0.25, 0.3) is 6.08 Å². The van der Waals surface area contributed by atoms with Crippen LogP contribution >= 0.6 is 55.8 Å². The van der Waals surface area contributed by atoms with E-state index in [1.165, 1.54) is 28.8 Å². The number of hydrogen-bond donors (Lipinski definition) is 0. The number of nitriles is 1. The molecule has 0 spiro atoms. The molecule has 0 N–H and O–H groups in total. The van der Waals surface area contributed by atoms with Gasteiger partial charge in [0.1, 0.15) is 22.5 Å². The van der Waals surface area contributed by atoms with E-state index < -0.39 is 0 Å². The van der Waals surface area contributed by atoms with Crippen LogP contribution in [0.2, 0.25) is 0 Å². The number of rotatable bonds is 6. The summed E-state index contributed by atoms with van der Waals surface area (Å²) in [4.78, 5) is 15.0. The number of benzene rings is 3. The summed E-state index contributed by atoms with van der Waals surface area (Å²) in [7, 11) is 0. The zero-order chi connectivity index (χ0) is 24.2. The summed E-state index contributed by atoms with van der Waals surface area (Å²) in [5.74, 6) is 0.0700. The highest BCUT2D eigenvalue weighted by Crippen LogP contribution is 2.38. The molecule has 0 aromatic heterocycles. The number of hydrogen-bond acceptors (Lipinski definition) is 5. The van der Waals surface area contributed by atoms with Gasteiger partial charge >= 0.3 is 0 Å². The first kappa shape index (κ1) is 24.6. The van der Waals surface area contributed by atoms with Gasteiger partial charge in [-0.2, -0.15) is 5.26 Å². The van der Waals surface area contributed by atoms with Gasteiger partial charge in [0.15, 0.2) is 0 Å². The van der Waals surface area contributed by atoms with Crippen molar-refractivity contribution in [1.29, 1.82) is 5.26 Å². The summed E-state index contributed by atoms with van der Waals surface area (Å²) >= 11 is 13.7. The van der Waals surface area contributed by atoms with Gasteiger partial charge in [0.25, 0.3) is 5.91 Å². The van der Waals surface area contributed by atoms with Gasteiger partial charge in [0, 0.05) is 5.56 Å². The predicted molar refractivity (Wildman–Crippen MR) is 142 cm³/mol. The van der Waals surface area contributed by atoms with E-state index in [-0.39, 0.29) is 24.9 Å². The highest BCUT2D eigenvalue weighted by molar-refractivity contribution is 9.11. The molecule has 1 aliphatic heterocycles. The first-order valence-electron chi connectivity index (χ1n) is 9.95. The van der Waals surface area contributed by atoms with E-state index in [2.05, 4.69) is 37.9 Å². The number of halogens is 3. The van der Waals surface area contributed by atoms with Crippen LogP contribution in [0.5, 0.6) is 5.75 Å². The van der Waals surface area contributed by atoms with Crippen molar-refractivity contribution in [3.05, 3.63) is 103 Å². The van der Waals surface area contributed by atoms with Gasteiger partial charge in [0.05, 0.1) is 32.0 Å². The van der Waals surface area contributed by atoms with E-state index >= 15 is 0 Å². The third-order valence-electron chi connectivity index (χ3n) is 4.96. The lowest BCUT2D eigenvalue weighted by atomic mass is 10.1. The SMILES string of the molecule is N#Cc1ccccc1COc1c(Br)cc(C=C2SC(=S)N(Cc3ccc(F)cc3)C2=O)cc1Br. The van der Waals surface area contributed by atoms with Crippen LogP contribution in [0, 0.1) is 17.1 Å². The Morgan fingerprint density at radius 2 is 1.79 bits per heavy atom. The Labute approximate surface area is 222 Å². The fourth-order valence-electron chi connectivity index (χ4n) is 3.27. The number of nitrogens with zero attached hydrogens (tertiary/aromatic N) is 2. The molecule has 3 aromatic carbocycles. The Kier molecular flexibility index (Phi) is 7.84. The summed E-state index contributed by atoms with van der Waals surface area (Å²) in [5, 5.41) is 9.26. The van der Waals surface area contributed by atoms with Gasteiger partial charge in [-0.05, 0) is 79.4 Å². The molecule has 1 fully saturated rings. The molecule has 1 saturated heterocycles. The molecule has 0 bridgehead atoms. The molecular formula is C25H15Br2FN2O2S2. The Morgan fingerprint density at radius 1 is 1.12 bits per heavy atom. The van der Waals surface area contributed by atoms with Crippen LogP contribution in [-0.4, -0.2) is 15.1 Å². The molecule has 1 heterocycles. The first-order chi connectivity index (χ1) is 16.4. The zero-order valence-corrected chi connectivity index (χ0v) is 22.2. The number of carbonyl (C=O) groups is 1. The standard InChI is InChI=1S/C25H15Br2FN2O2S2/c26-20-9-16(10-21(27)23(20)32-14-18-4-2-1-3-17(18)12-29)11-22-24(31)30(25(33)34-22)13-15-5-7-19(28)8-6-15/h1-11H,13-14H2. The van der Waals surface area contributed by atoms with Gasteiger partial charge < -0.3 is 4.74 Å². The van der Waals surface area contributed by atoms with Crippen LogP contribution in [0.15, 0.2) is 74.5 Å². The average Bonchev–Trinajstić information content (AvgIpc) is 3.07. The van der Waals surface area contributed by atoms with Crippen LogP contribution in [0.4, 0.5) is 4.39 Å². The van der Waals surface area contributed by atoms with Gasteiger partial charge in [0.2, 0.25) is 0 Å². The minimum Gasteiger partial charge on any atom is -0.486 e. The summed E-state index contributed by atoms with van der Waals surface area (Å²) in [5.41, 5.74) is 2.93. The molecule has 9 heteroatoms. The Hall–Kier alpha value is -2.51. The number of thioether (sulfide) groups is 1. The van der Waals surface area contributed by atoms with Crippen molar-refractivity contribution in [1.82, 2.24) is 4.90 Å². The fourth-order valence-corrected chi connectivity index (χ4v) is 5.97. The van der Waals surface area contributed by atoms with E-state index in [0.717, 1.165) is 16.7 Å². The van der Waals surface area contributed by atoms with Gasteiger partial charge in [-0.1, -0.05) is 54.3 Å². The third-order valence-corrected chi connectivity index (χ3v) is 7.51. The van der Waals surface area contributed by atoms with Crippen molar-refractivity contribution in [3.63, 3.8) is 0 Å². The van der Waals surface area contributed by atoms with E-state index in [1.807, 2.05) is 30.3 Å². The normalized spacial score (nSPS) is 14.5. The van der Waals surface area contributed by atoms with E-state index in [0.29, 0.717) is 29.5 Å². The Bertz CT molecular complexity index is 1330. The van der Waals surface area contributed by atoms with Crippen LogP contribution in [0.1, 0.15) is 22.3 Å². The van der Waals surface area contributed by atoms with Crippen molar-refractivity contribution < 1.29 is 13.9 Å². The molecule has 0 atom stereocenters. The number of thiocarbonyl (C=S) groups is 1. The Balaban J connectivity index is 1.51. The second kappa shape index (κ2) is 10.8. The summed E-state index contributed by atoms with van der Waals surface area (Å²) in [6.45, 7) is 0.523. The summed E-state index contributed by atoms with van der Waals surface area (Å²) < 4.78 is 21.0. The maximum absolute atomic E-state index is 13.2.